The van der Waals surface area contributed by atoms with Gasteiger partial charge in [-0.15, -0.1) is 0 Å². The van der Waals surface area contributed by atoms with Crippen LogP contribution in [0.2, 0.25) is 0 Å². The normalized spacial score (nSPS) is 14.1. The Labute approximate surface area is 274 Å². The Balaban J connectivity index is 1.55. The second kappa shape index (κ2) is 14.9. The van der Waals surface area contributed by atoms with Gasteiger partial charge in [0, 0.05) is 23.5 Å². The van der Waals surface area contributed by atoms with Gasteiger partial charge in [0.25, 0.3) is 10.0 Å². The Morgan fingerprint density at radius 1 is 0.844 bits per heavy atom. The fourth-order valence-electron chi connectivity index (χ4n) is 5.71. The Kier molecular flexibility index (Phi) is 10.7. The van der Waals surface area contributed by atoms with E-state index in [0.717, 1.165) is 51.2 Å². The van der Waals surface area contributed by atoms with Crippen LogP contribution in [-0.2, 0) is 32.6 Å². The van der Waals surface area contributed by atoms with Gasteiger partial charge in [0.2, 0.25) is 11.8 Å². The summed E-state index contributed by atoms with van der Waals surface area (Å²) < 4.78 is 30.2. The standard InChI is InChI=1S/C36H38BrN3O4S/c1-27-19-21-33(22-20-27)45(43,44)40(32-17-6-3-7-18-32)26-35(41)39(25-29-13-10-14-30(37)23-29)34(24-28-11-4-2-5-12-28)36(42)38-31-15-8-9-16-31/h2-7,10-14,17-23,31,34H,8-9,15-16,24-26H2,1H3,(H,38,42)/t34-/m0/s1. The second-order valence-electron chi connectivity index (χ2n) is 11.5. The van der Waals surface area contributed by atoms with E-state index in [4.69, 9.17) is 0 Å². The number of carbonyl (C=O) groups excluding carboxylic acids is 2. The van der Waals surface area contributed by atoms with Crippen molar-refractivity contribution in [2.24, 2.45) is 0 Å². The van der Waals surface area contributed by atoms with Gasteiger partial charge in [-0.2, -0.15) is 0 Å². The van der Waals surface area contributed by atoms with Crippen molar-refractivity contribution in [2.45, 2.75) is 62.6 Å². The maximum absolute atomic E-state index is 14.5. The predicted molar refractivity (Wildman–Crippen MR) is 181 cm³/mol. The van der Waals surface area contributed by atoms with E-state index in [9.17, 15) is 18.0 Å². The lowest BCUT2D eigenvalue weighted by Crippen LogP contribution is -2.54. The molecule has 234 valence electrons. The van der Waals surface area contributed by atoms with Crippen molar-refractivity contribution in [3.8, 4) is 0 Å². The van der Waals surface area contributed by atoms with Gasteiger partial charge in [0.05, 0.1) is 10.6 Å². The number of hydrogen-bond donors (Lipinski definition) is 1. The van der Waals surface area contributed by atoms with Crippen LogP contribution in [0.3, 0.4) is 0 Å². The number of hydrogen-bond acceptors (Lipinski definition) is 4. The van der Waals surface area contributed by atoms with Gasteiger partial charge in [-0.25, -0.2) is 8.42 Å². The maximum Gasteiger partial charge on any atom is 0.264 e. The lowest BCUT2D eigenvalue weighted by atomic mass is 10.0. The summed E-state index contributed by atoms with van der Waals surface area (Å²) in [5, 5.41) is 3.20. The second-order valence-corrected chi connectivity index (χ2v) is 14.3. The Hall–Kier alpha value is -3.95. The summed E-state index contributed by atoms with van der Waals surface area (Å²) in [5.41, 5.74) is 3.01. The number of halogens is 1. The quantitative estimate of drug-likeness (QED) is 0.181. The van der Waals surface area contributed by atoms with Crippen LogP contribution in [0.25, 0.3) is 0 Å². The van der Waals surface area contributed by atoms with Crippen LogP contribution >= 0.6 is 15.9 Å². The summed E-state index contributed by atoms with van der Waals surface area (Å²) in [6.45, 7) is 1.54. The van der Waals surface area contributed by atoms with E-state index in [1.807, 2.05) is 61.5 Å². The van der Waals surface area contributed by atoms with E-state index < -0.39 is 28.5 Å². The highest BCUT2D eigenvalue weighted by molar-refractivity contribution is 9.10. The lowest BCUT2D eigenvalue weighted by molar-refractivity contribution is -0.140. The number of aryl methyl sites for hydroxylation is 1. The molecule has 0 bridgehead atoms. The third-order valence-electron chi connectivity index (χ3n) is 8.15. The summed E-state index contributed by atoms with van der Waals surface area (Å²) >= 11 is 3.52. The number of anilines is 1. The van der Waals surface area contributed by atoms with E-state index in [1.54, 1.807) is 59.5 Å². The first-order chi connectivity index (χ1) is 21.7. The van der Waals surface area contributed by atoms with Crippen LogP contribution < -0.4 is 9.62 Å². The molecule has 1 saturated carbocycles. The van der Waals surface area contributed by atoms with Crippen molar-refractivity contribution >= 4 is 43.5 Å². The van der Waals surface area contributed by atoms with Gasteiger partial charge in [-0.1, -0.05) is 107 Å². The third kappa shape index (κ3) is 8.41. The van der Waals surface area contributed by atoms with Gasteiger partial charge in [0.15, 0.2) is 0 Å². The fraction of sp³-hybridized carbons (Fsp3) is 0.278. The molecule has 0 spiro atoms. The van der Waals surface area contributed by atoms with Crippen molar-refractivity contribution in [1.29, 1.82) is 0 Å². The number of sulfonamides is 1. The molecule has 7 nitrogen and oxygen atoms in total. The molecule has 4 aromatic carbocycles. The molecule has 0 heterocycles. The molecule has 9 heteroatoms. The zero-order valence-corrected chi connectivity index (χ0v) is 27.7. The first kappa shape index (κ1) is 32.4. The average Bonchev–Trinajstić information content (AvgIpc) is 3.55. The number of benzene rings is 4. The molecule has 1 atom stereocenters. The van der Waals surface area contributed by atoms with Gasteiger partial charge < -0.3 is 10.2 Å². The molecule has 1 aliphatic rings. The summed E-state index contributed by atoms with van der Waals surface area (Å²) in [7, 11) is -4.12. The van der Waals surface area contributed by atoms with Crippen LogP contribution in [0.5, 0.6) is 0 Å². The van der Waals surface area contributed by atoms with E-state index in [-0.39, 0.29) is 29.8 Å². The molecule has 1 N–H and O–H groups in total. The van der Waals surface area contributed by atoms with Crippen molar-refractivity contribution in [1.82, 2.24) is 10.2 Å². The average molecular weight is 689 g/mol. The first-order valence-electron chi connectivity index (χ1n) is 15.2. The number of carbonyl (C=O) groups is 2. The largest absolute Gasteiger partial charge is 0.352 e. The Morgan fingerprint density at radius 3 is 2.11 bits per heavy atom. The summed E-state index contributed by atoms with van der Waals surface area (Å²) in [6.07, 6.45) is 4.20. The van der Waals surface area contributed by atoms with Gasteiger partial charge in [-0.05, 0) is 67.3 Å². The van der Waals surface area contributed by atoms with E-state index >= 15 is 0 Å². The monoisotopic (exact) mass is 687 g/mol. The molecule has 0 aliphatic heterocycles. The maximum atomic E-state index is 14.5. The molecule has 45 heavy (non-hydrogen) atoms. The van der Waals surface area contributed by atoms with Gasteiger partial charge >= 0.3 is 0 Å². The predicted octanol–water partition coefficient (Wildman–Crippen LogP) is 6.65. The molecule has 0 aromatic heterocycles. The lowest BCUT2D eigenvalue weighted by Gasteiger charge is -2.34. The molecule has 5 rings (SSSR count). The molecule has 1 aliphatic carbocycles. The first-order valence-corrected chi connectivity index (χ1v) is 17.5. The Bertz CT molecular complexity index is 1690. The van der Waals surface area contributed by atoms with Crippen LogP contribution in [0, 0.1) is 6.92 Å². The van der Waals surface area contributed by atoms with E-state index in [0.29, 0.717) is 5.69 Å². The minimum Gasteiger partial charge on any atom is -0.352 e. The van der Waals surface area contributed by atoms with Crippen molar-refractivity contribution in [3.63, 3.8) is 0 Å². The highest BCUT2D eigenvalue weighted by Gasteiger charge is 2.35. The topological polar surface area (TPSA) is 86.8 Å². The number of amides is 2. The van der Waals surface area contributed by atoms with Crippen LogP contribution in [-0.4, -0.2) is 43.8 Å². The molecular formula is C36H38BrN3O4S. The number of nitrogens with zero attached hydrogens (tertiary/aromatic N) is 2. The van der Waals surface area contributed by atoms with Crippen molar-refractivity contribution < 1.29 is 18.0 Å². The van der Waals surface area contributed by atoms with E-state index in [2.05, 4.69) is 21.2 Å². The fourth-order valence-corrected chi connectivity index (χ4v) is 7.57. The zero-order valence-electron chi connectivity index (χ0n) is 25.3. The number of nitrogens with one attached hydrogen (secondary N) is 1. The molecule has 0 saturated heterocycles. The smallest absolute Gasteiger partial charge is 0.264 e. The van der Waals surface area contributed by atoms with Gasteiger partial charge in [-0.3, -0.25) is 13.9 Å². The number of para-hydroxylation sites is 1. The minimum atomic E-state index is -4.12. The summed E-state index contributed by atoms with van der Waals surface area (Å²) in [6, 6.07) is 31.6. The van der Waals surface area contributed by atoms with Crippen LogP contribution in [0.4, 0.5) is 5.69 Å². The Morgan fingerprint density at radius 2 is 1.47 bits per heavy atom. The molecule has 0 unspecified atom stereocenters. The highest BCUT2D eigenvalue weighted by Crippen LogP contribution is 2.26. The van der Waals surface area contributed by atoms with Crippen LogP contribution in [0.1, 0.15) is 42.4 Å². The summed E-state index contributed by atoms with van der Waals surface area (Å²) in [4.78, 5) is 30.2. The minimum absolute atomic E-state index is 0.0568. The molecular weight excluding hydrogens is 650 g/mol. The third-order valence-corrected chi connectivity index (χ3v) is 10.4. The van der Waals surface area contributed by atoms with Crippen molar-refractivity contribution in [3.05, 3.63) is 130 Å². The zero-order chi connectivity index (χ0) is 31.8. The molecule has 1 fully saturated rings. The van der Waals surface area contributed by atoms with Gasteiger partial charge in [0.1, 0.15) is 12.6 Å². The highest BCUT2D eigenvalue weighted by atomic mass is 79.9. The van der Waals surface area contributed by atoms with Crippen LogP contribution in [0.15, 0.2) is 119 Å². The SMILES string of the molecule is Cc1ccc(S(=O)(=O)N(CC(=O)N(Cc2cccc(Br)c2)[C@@H](Cc2ccccc2)C(=O)NC2CCCC2)c2ccccc2)cc1. The molecule has 0 radical (unpaired) electrons. The summed E-state index contributed by atoms with van der Waals surface area (Å²) in [5.74, 6) is -0.709. The molecule has 2 amide bonds. The number of rotatable bonds is 12. The van der Waals surface area contributed by atoms with Crippen molar-refractivity contribution in [2.75, 3.05) is 10.8 Å². The van der Waals surface area contributed by atoms with E-state index in [1.165, 1.54) is 0 Å². The molecule has 4 aromatic rings.